The molecular weight excluding hydrogens is 130 g/mol. The topological polar surface area (TPSA) is 84.5 Å². The van der Waals surface area contributed by atoms with Crippen molar-refractivity contribution in [2.75, 3.05) is 5.17 Å². The lowest BCUT2D eigenvalue weighted by Gasteiger charge is -2.07. The Balaban J connectivity index is 0.000000810. The first-order valence-electron chi connectivity index (χ1n) is 2.59. The number of anilines is 1. The van der Waals surface area contributed by atoms with Crippen molar-refractivity contribution in [2.45, 2.75) is 0 Å². The Hall–Kier alpha value is -1.10. The smallest absolute Gasteiger partial charge is 0.0817 e. The molecule has 0 atom stereocenters. The monoisotopic (exact) mass is 141 g/mol. The highest BCUT2D eigenvalue weighted by atomic mass is 16.5. The number of nitrogens with zero attached hydrogens (tertiary/aromatic N) is 1. The highest BCUT2D eigenvalue weighted by molar-refractivity contribution is 5.41. The molecule has 0 saturated heterocycles. The molecule has 10 heavy (non-hydrogen) atoms. The maximum Gasteiger partial charge on any atom is 0.0817 e. The summed E-state index contributed by atoms with van der Waals surface area (Å²) < 4.78 is 0. The summed E-state index contributed by atoms with van der Waals surface area (Å²) in [6.45, 7) is 0. The van der Waals surface area contributed by atoms with Gasteiger partial charge in [0, 0.05) is 0 Å². The van der Waals surface area contributed by atoms with Crippen molar-refractivity contribution in [3.63, 3.8) is 0 Å². The second-order valence-corrected chi connectivity index (χ2v) is 1.68. The first-order valence-corrected chi connectivity index (χ1v) is 2.59. The third-order valence-electron chi connectivity index (χ3n) is 1.02. The molecule has 0 spiro atoms. The van der Waals surface area contributed by atoms with Crippen LogP contribution in [0.2, 0.25) is 0 Å². The van der Waals surface area contributed by atoms with E-state index in [0.29, 0.717) is 10.9 Å². The summed E-state index contributed by atoms with van der Waals surface area (Å²) in [5, 5.41) is 9.22. The molecule has 0 aliphatic rings. The van der Waals surface area contributed by atoms with Crippen LogP contribution in [0.3, 0.4) is 0 Å². The zero-order valence-electron chi connectivity index (χ0n) is 5.57. The van der Waals surface area contributed by atoms with Crippen molar-refractivity contribution < 1.29 is 5.21 Å². The zero-order valence-corrected chi connectivity index (χ0v) is 5.57. The van der Waals surface area contributed by atoms with Crippen LogP contribution in [0.1, 0.15) is 0 Å². The highest BCUT2D eigenvalue weighted by Gasteiger charge is 1.90. The quantitative estimate of drug-likeness (QED) is 0.401. The minimum Gasteiger partial charge on any atom is -0.344 e. The molecule has 0 heterocycles. The Morgan fingerprint density at radius 1 is 1.20 bits per heavy atom. The molecule has 1 aromatic rings. The van der Waals surface area contributed by atoms with Gasteiger partial charge in [0.05, 0.1) is 5.69 Å². The molecule has 0 aromatic heterocycles. The molecule has 1 rings (SSSR count). The third kappa shape index (κ3) is 2.02. The average molecular weight is 141 g/mol. The predicted molar refractivity (Wildman–Crippen MR) is 39.9 cm³/mol. The fourth-order valence-corrected chi connectivity index (χ4v) is 0.581. The number of nitrogens with two attached hydrogens (primary N) is 1. The van der Waals surface area contributed by atoms with Crippen molar-refractivity contribution in [3.05, 3.63) is 30.3 Å². The second kappa shape index (κ2) is 3.84. The van der Waals surface area contributed by atoms with Gasteiger partial charge in [-0.2, -0.15) is 5.17 Å². The summed E-state index contributed by atoms with van der Waals surface area (Å²) in [6.07, 6.45) is 0. The van der Waals surface area contributed by atoms with Gasteiger partial charge in [-0.15, -0.1) is 0 Å². The Kier molecular flexibility index (Phi) is 3.42. The molecule has 0 aliphatic heterocycles. The Labute approximate surface area is 59.4 Å². The van der Waals surface area contributed by atoms with Gasteiger partial charge in [-0.1, -0.05) is 18.2 Å². The van der Waals surface area contributed by atoms with Crippen molar-refractivity contribution in [2.24, 2.45) is 5.84 Å². The molecule has 4 nitrogen and oxygen atoms in total. The molecule has 56 valence electrons. The SMILES string of the molecule is N.NN(O)c1ccccc1. The average Bonchev–Trinajstić information content (AvgIpc) is 1.90. The van der Waals surface area contributed by atoms with Crippen LogP contribution in [-0.2, 0) is 0 Å². The van der Waals surface area contributed by atoms with Gasteiger partial charge in [0.1, 0.15) is 0 Å². The van der Waals surface area contributed by atoms with Crippen LogP contribution in [-0.4, -0.2) is 5.21 Å². The molecule has 0 unspecified atom stereocenters. The van der Waals surface area contributed by atoms with E-state index < -0.39 is 0 Å². The summed E-state index contributed by atoms with van der Waals surface area (Å²) in [4.78, 5) is 0. The lowest BCUT2D eigenvalue weighted by atomic mass is 10.3. The van der Waals surface area contributed by atoms with Gasteiger partial charge in [-0.05, 0) is 12.1 Å². The van der Waals surface area contributed by atoms with E-state index in [1.165, 1.54) is 0 Å². The molecule has 0 amide bonds. The minimum absolute atomic E-state index is 0. The zero-order chi connectivity index (χ0) is 6.69. The van der Waals surface area contributed by atoms with E-state index in [0.717, 1.165) is 0 Å². The Bertz CT molecular complexity index is 176. The molecule has 4 heteroatoms. The summed E-state index contributed by atoms with van der Waals surface area (Å²) in [5.74, 6) is 5.00. The maximum absolute atomic E-state index is 8.63. The van der Waals surface area contributed by atoms with Crippen LogP contribution in [0.4, 0.5) is 5.69 Å². The van der Waals surface area contributed by atoms with Crippen LogP contribution in [0, 0.1) is 0 Å². The number of para-hydroxylation sites is 1. The van der Waals surface area contributed by atoms with Gasteiger partial charge in [0.2, 0.25) is 0 Å². The van der Waals surface area contributed by atoms with Crippen LogP contribution in [0.25, 0.3) is 0 Å². The van der Waals surface area contributed by atoms with E-state index in [9.17, 15) is 0 Å². The van der Waals surface area contributed by atoms with Crippen molar-refractivity contribution >= 4 is 5.69 Å². The third-order valence-corrected chi connectivity index (χ3v) is 1.02. The van der Waals surface area contributed by atoms with E-state index in [-0.39, 0.29) is 6.15 Å². The molecule has 0 radical (unpaired) electrons. The number of rotatable bonds is 1. The van der Waals surface area contributed by atoms with E-state index in [1.807, 2.05) is 6.07 Å². The summed E-state index contributed by atoms with van der Waals surface area (Å²) in [7, 11) is 0. The lowest BCUT2D eigenvalue weighted by molar-refractivity contribution is 0.258. The fraction of sp³-hybridized carbons (Fsp3) is 0. The van der Waals surface area contributed by atoms with Gasteiger partial charge >= 0.3 is 0 Å². The van der Waals surface area contributed by atoms with Crippen molar-refractivity contribution in [1.29, 1.82) is 0 Å². The molecule has 0 saturated carbocycles. The number of hydrogen-bond donors (Lipinski definition) is 3. The Morgan fingerprint density at radius 3 is 2.00 bits per heavy atom. The molecule has 6 N–H and O–H groups in total. The van der Waals surface area contributed by atoms with Gasteiger partial charge in [-0.25, -0.2) is 5.84 Å². The van der Waals surface area contributed by atoms with Crippen LogP contribution < -0.4 is 17.2 Å². The number of hydrogen-bond acceptors (Lipinski definition) is 4. The fourth-order valence-electron chi connectivity index (χ4n) is 0.581. The van der Waals surface area contributed by atoms with Crippen LogP contribution in [0.15, 0.2) is 30.3 Å². The molecule has 0 fully saturated rings. The van der Waals surface area contributed by atoms with E-state index in [2.05, 4.69) is 0 Å². The van der Waals surface area contributed by atoms with Crippen molar-refractivity contribution in [1.82, 2.24) is 6.15 Å². The van der Waals surface area contributed by atoms with E-state index >= 15 is 0 Å². The van der Waals surface area contributed by atoms with Gasteiger partial charge in [0.25, 0.3) is 0 Å². The minimum atomic E-state index is 0. The standard InChI is InChI=1S/C6H8N2O.H3N/c7-8(9)6-4-2-1-3-5-6;/h1-5,9H,7H2;1H3. The molecular formula is C6H11N3O. The second-order valence-electron chi connectivity index (χ2n) is 1.68. The highest BCUT2D eigenvalue weighted by Crippen LogP contribution is 2.05. The van der Waals surface area contributed by atoms with Crippen molar-refractivity contribution in [3.8, 4) is 0 Å². The maximum atomic E-state index is 8.63. The first kappa shape index (κ1) is 8.90. The van der Waals surface area contributed by atoms with E-state index in [4.69, 9.17) is 11.0 Å². The first-order chi connectivity index (χ1) is 4.30. The summed E-state index contributed by atoms with van der Waals surface area (Å²) >= 11 is 0. The molecule has 0 aliphatic carbocycles. The van der Waals surface area contributed by atoms with Gasteiger partial charge < -0.3 is 6.15 Å². The molecule has 0 bridgehead atoms. The normalized spacial score (nSPS) is 8.20. The van der Waals surface area contributed by atoms with Crippen LogP contribution >= 0.6 is 0 Å². The number of hydrazine groups is 1. The van der Waals surface area contributed by atoms with Gasteiger partial charge in [0.15, 0.2) is 0 Å². The lowest BCUT2D eigenvalue weighted by Crippen LogP contribution is -2.25. The summed E-state index contributed by atoms with van der Waals surface area (Å²) in [5.41, 5.74) is 0.581. The largest absolute Gasteiger partial charge is 0.344 e. The summed E-state index contributed by atoms with van der Waals surface area (Å²) in [6, 6.07) is 8.86. The number of benzene rings is 1. The Morgan fingerprint density at radius 2 is 1.70 bits per heavy atom. The molecule has 1 aromatic carbocycles. The van der Waals surface area contributed by atoms with E-state index in [1.54, 1.807) is 24.3 Å². The predicted octanol–water partition coefficient (Wildman–Crippen LogP) is 0.918. The van der Waals surface area contributed by atoms with Gasteiger partial charge in [-0.3, -0.25) is 5.21 Å². The van der Waals surface area contributed by atoms with Crippen LogP contribution in [0.5, 0.6) is 0 Å².